The van der Waals surface area contributed by atoms with Gasteiger partial charge in [0, 0.05) is 19.7 Å². The molecule has 14 heavy (non-hydrogen) atoms. The van der Waals surface area contributed by atoms with Gasteiger partial charge in [0.25, 0.3) is 0 Å². The van der Waals surface area contributed by atoms with Crippen LogP contribution in [-0.2, 0) is 9.53 Å². The third-order valence-corrected chi connectivity index (χ3v) is 2.60. The SMILES string of the molecule is CCCOCC(=O)N1CCC(C)(C)C1. The number of carbonyl (C=O) groups excluding carboxylic acids is 1. The molecule has 0 saturated carbocycles. The minimum absolute atomic E-state index is 0.143. The third-order valence-electron chi connectivity index (χ3n) is 2.60. The summed E-state index contributed by atoms with van der Waals surface area (Å²) in [6.07, 6.45) is 2.07. The zero-order chi connectivity index (χ0) is 10.6. The van der Waals surface area contributed by atoms with E-state index in [4.69, 9.17) is 4.74 Å². The number of carbonyl (C=O) groups is 1. The molecule has 1 fully saturated rings. The van der Waals surface area contributed by atoms with Gasteiger partial charge in [0.1, 0.15) is 6.61 Å². The number of ether oxygens (including phenoxy) is 1. The normalized spacial score (nSPS) is 20.1. The minimum Gasteiger partial charge on any atom is -0.372 e. The topological polar surface area (TPSA) is 29.5 Å². The fourth-order valence-electron chi connectivity index (χ4n) is 1.72. The summed E-state index contributed by atoms with van der Waals surface area (Å²) < 4.78 is 5.23. The van der Waals surface area contributed by atoms with Crippen LogP contribution in [0.1, 0.15) is 33.6 Å². The van der Waals surface area contributed by atoms with Crippen molar-refractivity contribution in [2.45, 2.75) is 33.6 Å². The fourth-order valence-corrected chi connectivity index (χ4v) is 1.72. The largest absolute Gasteiger partial charge is 0.372 e. The van der Waals surface area contributed by atoms with Crippen molar-refractivity contribution in [2.24, 2.45) is 5.41 Å². The lowest BCUT2D eigenvalue weighted by Crippen LogP contribution is -2.33. The molecule has 3 heteroatoms. The van der Waals surface area contributed by atoms with E-state index < -0.39 is 0 Å². The summed E-state index contributed by atoms with van der Waals surface area (Å²) >= 11 is 0. The van der Waals surface area contributed by atoms with Gasteiger partial charge in [-0.1, -0.05) is 20.8 Å². The van der Waals surface area contributed by atoms with E-state index in [0.29, 0.717) is 12.0 Å². The molecule has 1 aliphatic heterocycles. The summed E-state index contributed by atoms with van der Waals surface area (Å²) in [5, 5.41) is 0. The molecule has 82 valence electrons. The average molecular weight is 199 g/mol. The standard InChI is InChI=1S/C11H21NO2/c1-4-7-14-8-10(13)12-6-5-11(2,3)9-12/h4-9H2,1-3H3. The van der Waals surface area contributed by atoms with Gasteiger partial charge in [-0.3, -0.25) is 4.79 Å². The summed E-state index contributed by atoms with van der Waals surface area (Å²) in [5.41, 5.74) is 0.292. The van der Waals surface area contributed by atoms with Crippen LogP contribution in [0.15, 0.2) is 0 Å². The Morgan fingerprint density at radius 3 is 2.71 bits per heavy atom. The van der Waals surface area contributed by atoms with Crippen molar-refractivity contribution in [3.8, 4) is 0 Å². The molecule has 0 aliphatic carbocycles. The van der Waals surface area contributed by atoms with Gasteiger partial charge in [-0.15, -0.1) is 0 Å². The highest BCUT2D eigenvalue weighted by molar-refractivity contribution is 5.77. The van der Waals surface area contributed by atoms with Gasteiger partial charge >= 0.3 is 0 Å². The number of amides is 1. The Hall–Kier alpha value is -0.570. The molecular formula is C11H21NO2. The molecule has 0 spiro atoms. The molecule has 0 N–H and O–H groups in total. The van der Waals surface area contributed by atoms with E-state index in [2.05, 4.69) is 13.8 Å². The van der Waals surface area contributed by atoms with Crippen LogP contribution >= 0.6 is 0 Å². The lowest BCUT2D eigenvalue weighted by atomic mass is 9.93. The Balaban J connectivity index is 2.25. The van der Waals surface area contributed by atoms with E-state index in [1.54, 1.807) is 0 Å². The third kappa shape index (κ3) is 3.29. The molecule has 1 saturated heterocycles. The zero-order valence-corrected chi connectivity index (χ0v) is 9.51. The zero-order valence-electron chi connectivity index (χ0n) is 9.51. The van der Waals surface area contributed by atoms with Crippen LogP contribution in [0.5, 0.6) is 0 Å². The van der Waals surface area contributed by atoms with Gasteiger partial charge in [-0.25, -0.2) is 0 Å². The molecule has 1 heterocycles. The molecule has 0 unspecified atom stereocenters. The summed E-state index contributed by atoms with van der Waals surface area (Å²) in [4.78, 5) is 13.5. The van der Waals surface area contributed by atoms with Crippen LogP contribution in [0.25, 0.3) is 0 Å². The summed E-state index contributed by atoms with van der Waals surface area (Å²) in [6.45, 7) is 9.15. The van der Waals surface area contributed by atoms with E-state index in [1.165, 1.54) is 0 Å². The minimum atomic E-state index is 0.143. The van der Waals surface area contributed by atoms with E-state index in [0.717, 1.165) is 25.9 Å². The van der Waals surface area contributed by atoms with Gasteiger partial charge in [-0.2, -0.15) is 0 Å². The highest BCUT2D eigenvalue weighted by atomic mass is 16.5. The lowest BCUT2D eigenvalue weighted by molar-refractivity contribution is -0.135. The predicted octanol–water partition coefficient (Wildman–Crippen LogP) is 1.67. The van der Waals surface area contributed by atoms with E-state index in [1.807, 2.05) is 11.8 Å². The monoisotopic (exact) mass is 199 g/mol. The van der Waals surface area contributed by atoms with Gasteiger partial charge < -0.3 is 9.64 Å². The Morgan fingerprint density at radius 1 is 1.50 bits per heavy atom. The quantitative estimate of drug-likeness (QED) is 0.645. The Labute approximate surface area is 86.4 Å². The molecule has 0 radical (unpaired) electrons. The molecule has 0 aromatic heterocycles. The smallest absolute Gasteiger partial charge is 0.248 e. The number of nitrogens with zero attached hydrogens (tertiary/aromatic N) is 1. The summed E-state index contributed by atoms with van der Waals surface area (Å²) in [7, 11) is 0. The van der Waals surface area contributed by atoms with Crippen LogP contribution in [0.4, 0.5) is 0 Å². The van der Waals surface area contributed by atoms with Gasteiger partial charge in [0.05, 0.1) is 0 Å². The van der Waals surface area contributed by atoms with E-state index >= 15 is 0 Å². The van der Waals surface area contributed by atoms with Gasteiger partial charge in [0.2, 0.25) is 5.91 Å². The summed E-state index contributed by atoms with van der Waals surface area (Å²) in [6, 6.07) is 0. The van der Waals surface area contributed by atoms with Crippen molar-refractivity contribution >= 4 is 5.91 Å². The van der Waals surface area contributed by atoms with Gasteiger partial charge in [-0.05, 0) is 18.3 Å². The molecule has 1 rings (SSSR count). The predicted molar refractivity (Wildman–Crippen MR) is 56.1 cm³/mol. The first-order valence-electron chi connectivity index (χ1n) is 5.41. The Bertz CT molecular complexity index is 201. The molecule has 0 atom stereocenters. The average Bonchev–Trinajstić information content (AvgIpc) is 2.46. The highest BCUT2D eigenvalue weighted by Gasteiger charge is 2.31. The van der Waals surface area contributed by atoms with E-state index in [9.17, 15) is 4.79 Å². The maximum Gasteiger partial charge on any atom is 0.248 e. The van der Waals surface area contributed by atoms with Crippen molar-refractivity contribution in [1.29, 1.82) is 0 Å². The highest BCUT2D eigenvalue weighted by Crippen LogP contribution is 2.28. The van der Waals surface area contributed by atoms with Crippen molar-refractivity contribution in [1.82, 2.24) is 4.90 Å². The van der Waals surface area contributed by atoms with Crippen LogP contribution in [0.3, 0.4) is 0 Å². The Kier molecular flexibility index (Phi) is 3.93. The van der Waals surface area contributed by atoms with Crippen molar-refractivity contribution < 1.29 is 9.53 Å². The summed E-state index contributed by atoms with van der Waals surface area (Å²) in [5.74, 6) is 0.143. The number of rotatable bonds is 4. The number of hydrogen-bond donors (Lipinski definition) is 0. The van der Waals surface area contributed by atoms with Crippen LogP contribution in [0, 0.1) is 5.41 Å². The van der Waals surface area contributed by atoms with Crippen molar-refractivity contribution in [3.63, 3.8) is 0 Å². The van der Waals surface area contributed by atoms with E-state index in [-0.39, 0.29) is 12.5 Å². The second-order valence-electron chi connectivity index (χ2n) is 4.78. The molecule has 0 aromatic rings. The maximum absolute atomic E-state index is 11.6. The van der Waals surface area contributed by atoms with Crippen LogP contribution in [0.2, 0.25) is 0 Å². The molecule has 0 aromatic carbocycles. The van der Waals surface area contributed by atoms with Crippen molar-refractivity contribution in [3.05, 3.63) is 0 Å². The Morgan fingerprint density at radius 2 is 2.21 bits per heavy atom. The number of likely N-dealkylation sites (tertiary alicyclic amines) is 1. The van der Waals surface area contributed by atoms with Crippen LogP contribution < -0.4 is 0 Å². The first-order valence-corrected chi connectivity index (χ1v) is 5.41. The maximum atomic E-state index is 11.6. The van der Waals surface area contributed by atoms with Crippen LogP contribution in [-0.4, -0.2) is 37.1 Å². The van der Waals surface area contributed by atoms with Crippen molar-refractivity contribution in [2.75, 3.05) is 26.3 Å². The molecule has 1 aliphatic rings. The molecule has 0 bridgehead atoms. The van der Waals surface area contributed by atoms with Gasteiger partial charge in [0.15, 0.2) is 0 Å². The molecular weight excluding hydrogens is 178 g/mol. The molecule has 3 nitrogen and oxygen atoms in total. The number of hydrogen-bond acceptors (Lipinski definition) is 2. The first-order chi connectivity index (χ1) is 6.55. The lowest BCUT2D eigenvalue weighted by Gasteiger charge is -2.19. The molecule has 1 amide bonds. The second kappa shape index (κ2) is 4.78. The second-order valence-corrected chi connectivity index (χ2v) is 4.78. The first kappa shape index (κ1) is 11.5. The fraction of sp³-hybridized carbons (Fsp3) is 0.909.